The zero-order valence-electron chi connectivity index (χ0n) is 7.54. The van der Waals surface area contributed by atoms with Gasteiger partial charge in [-0.05, 0) is 25.5 Å². The van der Waals surface area contributed by atoms with Crippen LogP contribution in [-0.2, 0) is 0 Å². The molecule has 66 valence electrons. The summed E-state index contributed by atoms with van der Waals surface area (Å²) in [5.41, 5.74) is 1.33. The highest BCUT2D eigenvalue weighted by Crippen LogP contribution is 2.31. The monoisotopic (exact) mass is 198 g/mol. The zero-order valence-corrected chi connectivity index (χ0v) is 9.17. The van der Waals surface area contributed by atoms with E-state index in [0.717, 1.165) is 0 Å². The van der Waals surface area contributed by atoms with Crippen molar-refractivity contribution < 1.29 is 0 Å². The molecule has 0 N–H and O–H groups in total. The van der Waals surface area contributed by atoms with E-state index >= 15 is 0 Å². The average Bonchev–Trinajstić information content (AvgIpc) is 2.09. The molecule has 0 nitrogen and oxygen atoms in total. The van der Waals surface area contributed by atoms with Gasteiger partial charge in [0.05, 0.1) is 0 Å². The molecule has 0 unspecified atom stereocenters. The number of aryl methyl sites for hydroxylation is 1. The lowest BCUT2D eigenvalue weighted by atomic mass is 10.2. The minimum absolute atomic E-state index is 1.23. The first-order valence-corrected chi connectivity index (χ1v) is 6.51. The second kappa shape index (κ2) is 5.55. The summed E-state index contributed by atoms with van der Waals surface area (Å²) >= 11 is 0. The fourth-order valence-electron chi connectivity index (χ4n) is 0.787. The molecule has 0 heterocycles. The standard InChI is InChI=1S/C10H14S2/c1-3-8-11-12-10-6-4-9(2)5-7-10/h4-7H,3,8H2,1-2H3. The van der Waals surface area contributed by atoms with E-state index in [9.17, 15) is 0 Å². The highest BCUT2D eigenvalue weighted by atomic mass is 33.1. The zero-order chi connectivity index (χ0) is 8.81. The second-order valence-corrected chi connectivity index (χ2v) is 5.21. The van der Waals surface area contributed by atoms with E-state index in [1.165, 1.54) is 22.6 Å². The quantitative estimate of drug-likeness (QED) is 0.526. The van der Waals surface area contributed by atoms with Crippen LogP contribution in [0.2, 0.25) is 0 Å². The summed E-state index contributed by atoms with van der Waals surface area (Å²) in [6, 6.07) is 8.69. The van der Waals surface area contributed by atoms with Gasteiger partial charge in [0.15, 0.2) is 0 Å². The largest absolute Gasteiger partial charge is 0.0890 e. The number of benzene rings is 1. The van der Waals surface area contributed by atoms with Crippen molar-refractivity contribution in [3.63, 3.8) is 0 Å². The van der Waals surface area contributed by atoms with Gasteiger partial charge in [0.2, 0.25) is 0 Å². The Morgan fingerprint density at radius 3 is 2.42 bits per heavy atom. The lowest BCUT2D eigenvalue weighted by Crippen LogP contribution is -1.72. The first-order valence-electron chi connectivity index (χ1n) is 4.19. The van der Waals surface area contributed by atoms with Crippen LogP contribution in [-0.4, -0.2) is 5.75 Å². The van der Waals surface area contributed by atoms with E-state index in [0.29, 0.717) is 0 Å². The molecule has 0 aliphatic carbocycles. The molecule has 0 spiro atoms. The number of rotatable bonds is 4. The van der Waals surface area contributed by atoms with Gasteiger partial charge in [-0.15, -0.1) is 0 Å². The Bertz CT molecular complexity index is 216. The van der Waals surface area contributed by atoms with Gasteiger partial charge in [0.25, 0.3) is 0 Å². The molecule has 0 radical (unpaired) electrons. The summed E-state index contributed by atoms with van der Waals surface area (Å²) in [4.78, 5) is 1.36. The predicted octanol–water partition coefficient (Wildman–Crippen LogP) is 4.15. The topological polar surface area (TPSA) is 0 Å². The highest BCUT2D eigenvalue weighted by molar-refractivity contribution is 8.76. The highest BCUT2D eigenvalue weighted by Gasteiger charge is 1.92. The summed E-state index contributed by atoms with van der Waals surface area (Å²) in [5.74, 6) is 1.23. The Kier molecular flexibility index (Phi) is 4.62. The minimum atomic E-state index is 1.23. The van der Waals surface area contributed by atoms with Crippen LogP contribution in [0.1, 0.15) is 18.9 Å². The smallest absolute Gasteiger partial charge is 0.0182 e. The van der Waals surface area contributed by atoms with Crippen LogP contribution in [0.4, 0.5) is 0 Å². The van der Waals surface area contributed by atoms with E-state index in [-0.39, 0.29) is 0 Å². The molecule has 0 atom stereocenters. The van der Waals surface area contributed by atoms with E-state index in [4.69, 9.17) is 0 Å². The van der Waals surface area contributed by atoms with Crippen molar-refractivity contribution in [2.24, 2.45) is 0 Å². The van der Waals surface area contributed by atoms with Gasteiger partial charge in [-0.1, -0.05) is 46.2 Å². The van der Waals surface area contributed by atoms with Crippen LogP contribution in [0.3, 0.4) is 0 Å². The molecule has 0 aromatic heterocycles. The Hall–Kier alpha value is -0.0800. The predicted molar refractivity (Wildman–Crippen MR) is 59.8 cm³/mol. The van der Waals surface area contributed by atoms with Gasteiger partial charge in [0.1, 0.15) is 0 Å². The van der Waals surface area contributed by atoms with Gasteiger partial charge in [-0.3, -0.25) is 0 Å². The normalized spacial score (nSPS) is 10.2. The molecule has 1 rings (SSSR count). The first-order chi connectivity index (χ1) is 5.83. The maximum Gasteiger partial charge on any atom is 0.0182 e. The summed E-state index contributed by atoms with van der Waals surface area (Å²) < 4.78 is 0. The molecule has 1 aromatic carbocycles. The van der Waals surface area contributed by atoms with Gasteiger partial charge < -0.3 is 0 Å². The molecule has 2 heteroatoms. The Balaban J connectivity index is 2.37. The molecule has 0 aliphatic heterocycles. The lowest BCUT2D eigenvalue weighted by Gasteiger charge is -1.99. The molecule has 0 bridgehead atoms. The van der Waals surface area contributed by atoms with Gasteiger partial charge >= 0.3 is 0 Å². The van der Waals surface area contributed by atoms with E-state index in [1.54, 1.807) is 0 Å². The summed E-state index contributed by atoms with van der Waals surface area (Å²) in [6.07, 6.45) is 1.25. The number of hydrogen-bond acceptors (Lipinski definition) is 2. The lowest BCUT2D eigenvalue weighted by molar-refractivity contribution is 1.11. The van der Waals surface area contributed by atoms with E-state index < -0.39 is 0 Å². The van der Waals surface area contributed by atoms with Crippen molar-refractivity contribution in [2.45, 2.75) is 25.2 Å². The molecule has 0 saturated carbocycles. The molecule has 0 fully saturated rings. The van der Waals surface area contributed by atoms with Crippen molar-refractivity contribution in [1.82, 2.24) is 0 Å². The molecular weight excluding hydrogens is 184 g/mol. The number of hydrogen-bond donors (Lipinski definition) is 0. The third-order valence-corrected chi connectivity index (χ3v) is 4.05. The van der Waals surface area contributed by atoms with Crippen LogP contribution in [0, 0.1) is 6.92 Å². The Labute approximate surface area is 82.5 Å². The maximum atomic E-state index is 2.21. The summed E-state index contributed by atoms with van der Waals surface area (Å²) in [5, 5.41) is 0. The van der Waals surface area contributed by atoms with E-state index in [1.807, 2.05) is 21.6 Å². The molecular formula is C10H14S2. The van der Waals surface area contributed by atoms with Crippen LogP contribution < -0.4 is 0 Å². The molecule has 12 heavy (non-hydrogen) atoms. The summed E-state index contributed by atoms with van der Waals surface area (Å²) in [6.45, 7) is 4.33. The molecule has 1 aromatic rings. The van der Waals surface area contributed by atoms with Crippen LogP contribution in [0.15, 0.2) is 29.2 Å². The van der Waals surface area contributed by atoms with Crippen LogP contribution in [0.25, 0.3) is 0 Å². The van der Waals surface area contributed by atoms with Crippen LogP contribution in [0.5, 0.6) is 0 Å². The molecule has 0 aliphatic rings. The van der Waals surface area contributed by atoms with Crippen LogP contribution >= 0.6 is 21.6 Å². The van der Waals surface area contributed by atoms with Crippen molar-refractivity contribution in [3.05, 3.63) is 29.8 Å². The van der Waals surface area contributed by atoms with E-state index in [2.05, 4.69) is 38.1 Å². The Morgan fingerprint density at radius 2 is 1.83 bits per heavy atom. The average molecular weight is 198 g/mol. The third kappa shape index (κ3) is 3.55. The fraction of sp³-hybridized carbons (Fsp3) is 0.400. The summed E-state index contributed by atoms with van der Waals surface area (Å²) in [7, 11) is 3.80. The van der Waals surface area contributed by atoms with Gasteiger partial charge in [-0.25, -0.2) is 0 Å². The Morgan fingerprint density at radius 1 is 1.17 bits per heavy atom. The maximum absolute atomic E-state index is 2.21. The first kappa shape index (κ1) is 10.0. The fourth-order valence-corrected chi connectivity index (χ4v) is 2.91. The van der Waals surface area contributed by atoms with Crippen molar-refractivity contribution >= 4 is 21.6 Å². The van der Waals surface area contributed by atoms with Crippen molar-refractivity contribution in [3.8, 4) is 0 Å². The third-order valence-electron chi connectivity index (χ3n) is 1.46. The SMILES string of the molecule is CCCSSc1ccc(C)cc1. The minimum Gasteiger partial charge on any atom is -0.0890 e. The molecule has 0 amide bonds. The second-order valence-electron chi connectivity index (χ2n) is 2.72. The van der Waals surface area contributed by atoms with Gasteiger partial charge in [0, 0.05) is 10.6 Å². The van der Waals surface area contributed by atoms with Gasteiger partial charge in [-0.2, -0.15) is 0 Å². The van der Waals surface area contributed by atoms with Crippen molar-refractivity contribution in [1.29, 1.82) is 0 Å². The molecule has 0 saturated heterocycles. The van der Waals surface area contributed by atoms with Crippen molar-refractivity contribution in [2.75, 3.05) is 5.75 Å².